The summed E-state index contributed by atoms with van der Waals surface area (Å²) < 4.78 is 13.3. The second-order valence-electron chi connectivity index (χ2n) is 5.41. The predicted molar refractivity (Wildman–Crippen MR) is 92.1 cm³/mol. The van der Waals surface area contributed by atoms with Crippen molar-refractivity contribution < 1.29 is 9.47 Å². The van der Waals surface area contributed by atoms with E-state index in [-0.39, 0.29) is 17.7 Å². The Morgan fingerprint density at radius 3 is 2.21 bits per heavy atom. The van der Waals surface area contributed by atoms with Crippen LogP contribution in [0.4, 0.5) is 0 Å². The van der Waals surface area contributed by atoms with Gasteiger partial charge in [0, 0.05) is 18.7 Å². The number of hydrogen-bond acceptors (Lipinski definition) is 4. The van der Waals surface area contributed by atoms with Crippen LogP contribution in [0.2, 0.25) is 0 Å². The third-order valence-electron chi connectivity index (χ3n) is 4.09. The summed E-state index contributed by atoms with van der Waals surface area (Å²) in [6.45, 7) is 0.225. The molecule has 1 aromatic heterocycles. The van der Waals surface area contributed by atoms with E-state index in [1.54, 1.807) is 57.7 Å². The van der Waals surface area contributed by atoms with Crippen molar-refractivity contribution >= 4 is 10.8 Å². The molecule has 0 fully saturated rings. The van der Waals surface area contributed by atoms with Crippen LogP contribution in [0.25, 0.3) is 10.8 Å². The third-order valence-corrected chi connectivity index (χ3v) is 4.09. The lowest BCUT2D eigenvalue weighted by Crippen LogP contribution is -2.37. The van der Waals surface area contributed by atoms with Gasteiger partial charge in [-0.05, 0) is 24.3 Å². The summed E-state index contributed by atoms with van der Waals surface area (Å²) in [6.07, 6.45) is 0. The first kappa shape index (κ1) is 15.9. The highest BCUT2D eigenvalue weighted by atomic mass is 16.5. The van der Waals surface area contributed by atoms with Gasteiger partial charge in [-0.2, -0.15) is 0 Å². The van der Waals surface area contributed by atoms with E-state index in [0.29, 0.717) is 22.3 Å². The Labute approximate surface area is 138 Å². The summed E-state index contributed by atoms with van der Waals surface area (Å²) >= 11 is 0. The first-order valence-electron chi connectivity index (χ1n) is 7.46. The molecule has 0 atom stereocenters. The van der Waals surface area contributed by atoms with Gasteiger partial charge in [-0.3, -0.25) is 9.59 Å². The Balaban J connectivity index is 2.18. The van der Waals surface area contributed by atoms with Crippen molar-refractivity contribution in [1.82, 2.24) is 9.36 Å². The average Bonchev–Trinajstić information content (AvgIpc) is 2.63. The molecule has 1 heterocycles. The van der Waals surface area contributed by atoms with Gasteiger partial charge < -0.3 is 9.47 Å². The van der Waals surface area contributed by atoms with Crippen LogP contribution in [0, 0.1) is 0 Å². The van der Waals surface area contributed by atoms with Gasteiger partial charge in [0.1, 0.15) is 11.5 Å². The molecule has 0 aliphatic heterocycles. The minimum atomic E-state index is -0.217. The number of ether oxygens (including phenoxy) is 2. The molecule has 0 saturated heterocycles. The number of aromatic nitrogens is 2. The summed E-state index contributed by atoms with van der Waals surface area (Å²) in [5, 5.41) is 0.830. The van der Waals surface area contributed by atoms with Gasteiger partial charge in [0.15, 0.2) is 0 Å². The summed E-state index contributed by atoms with van der Waals surface area (Å²) in [4.78, 5) is 25.3. The first-order valence-corrected chi connectivity index (χ1v) is 7.46. The van der Waals surface area contributed by atoms with Crippen LogP contribution in [0.5, 0.6) is 11.5 Å². The van der Waals surface area contributed by atoms with Crippen LogP contribution in [-0.2, 0) is 13.6 Å². The summed E-state index contributed by atoms with van der Waals surface area (Å²) in [5.41, 5.74) is 0.355. The average molecular weight is 326 g/mol. The van der Waals surface area contributed by atoms with Crippen molar-refractivity contribution in [3.05, 3.63) is 68.7 Å². The minimum Gasteiger partial charge on any atom is -0.497 e. The highest BCUT2D eigenvalue weighted by Gasteiger charge is 2.13. The van der Waals surface area contributed by atoms with E-state index in [1.165, 1.54) is 9.36 Å². The van der Waals surface area contributed by atoms with Crippen LogP contribution in [0.15, 0.2) is 52.1 Å². The maximum atomic E-state index is 12.8. The summed E-state index contributed by atoms with van der Waals surface area (Å²) in [7, 11) is 4.72. The van der Waals surface area contributed by atoms with E-state index in [9.17, 15) is 9.59 Å². The predicted octanol–water partition coefficient (Wildman–Crippen LogP) is 1.77. The van der Waals surface area contributed by atoms with E-state index in [4.69, 9.17) is 9.47 Å². The Morgan fingerprint density at radius 2 is 1.58 bits per heavy atom. The van der Waals surface area contributed by atoms with Crippen LogP contribution < -0.4 is 20.6 Å². The van der Waals surface area contributed by atoms with Crippen LogP contribution in [0.1, 0.15) is 5.56 Å². The Hall–Kier alpha value is -3.02. The van der Waals surface area contributed by atoms with Gasteiger partial charge >= 0.3 is 0 Å². The lowest BCUT2D eigenvalue weighted by Gasteiger charge is -2.15. The van der Waals surface area contributed by atoms with Gasteiger partial charge in [0.2, 0.25) is 0 Å². The first-order chi connectivity index (χ1) is 11.6. The molecule has 0 amide bonds. The molecule has 2 aromatic carbocycles. The van der Waals surface area contributed by atoms with Crippen LogP contribution in [0.3, 0.4) is 0 Å². The minimum absolute atomic E-state index is 0.210. The molecule has 0 aliphatic rings. The molecule has 3 rings (SSSR count). The number of methoxy groups -OCH3 is 2. The van der Waals surface area contributed by atoms with Gasteiger partial charge in [0.25, 0.3) is 11.1 Å². The Kier molecular flexibility index (Phi) is 4.12. The Morgan fingerprint density at radius 1 is 0.917 bits per heavy atom. The molecule has 124 valence electrons. The molecule has 0 N–H and O–H groups in total. The highest BCUT2D eigenvalue weighted by Crippen LogP contribution is 2.25. The fourth-order valence-electron chi connectivity index (χ4n) is 2.74. The van der Waals surface area contributed by atoms with E-state index >= 15 is 0 Å². The molecule has 3 aromatic rings. The Bertz CT molecular complexity index is 1020. The number of benzene rings is 2. The lowest BCUT2D eigenvalue weighted by atomic mass is 10.1. The molecule has 0 spiro atoms. The molecule has 0 unspecified atom stereocenters. The molecule has 6 heteroatoms. The maximum Gasteiger partial charge on any atom is 0.273 e. The number of rotatable bonds is 4. The van der Waals surface area contributed by atoms with E-state index in [1.807, 2.05) is 6.07 Å². The lowest BCUT2D eigenvalue weighted by molar-refractivity contribution is 0.387. The SMILES string of the molecule is COc1ccc(Cn2c(=O)c3ccccc3c(=O)n2C)c(OC)c1. The van der Waals surface area contributed by atoms with Gasteiger partial charge in [-0.15, -0.1) is 0 Å². The molecular formula is C18H18N2O4. The second-order valence-corrected chi connectivity index (χ2v) is 5.41. The van der Waals surface area contributed by atoms with Gasteiger partial charge in [0.05, 0.1) is 31.5 Å². The monoisotopic (exact) mass is 326 g/mol. The molecule has 0 radical (unpaired) electrons. The molecule has 0 bridgehead atoms. The van der Waals surface area contributed by atoms with E-state index < -0.39 is 0 Å². The number of nitrogens with zero attached hydrogens (tertiary/aromatic N) is 2. The van der Waals surface area contributed by atoms with Crippen molar-refractivity contribution in [2.24, 2.45) is 7.05 Å². The summed E-state index contributed by atoms with van der Waals surface area (Å²) in [5.74, 6) is 1.26. The zero-order chi connectivity index (χ0) is 17.3. The molecular weight excluding hydrogens is 308 g/mol. The van der Waals surface area contributed by atoms with Crippen molar-refractivity contribution in [3.63, 3.8) is 0 Å². The van der Waals surface area contributed by atoms with Gasteiger partial charge in [-0.1, -0.05) is 12.1 Å². The molecule has 24 heavy (non-hydrogen) atoms. The fraction of sp³-hybridized carbons (Fsp3) is 0.222. The van der Waals surface area contributed by atoms with Crippen LogP contribution in [-0.4, -0.2) is 23.6 Å². The smallest absolute Gasteiger partial charge is 0.273 e. The van der Waals surface area contributed by atoms with E-state index in [2.05, 4.69) is 0 Å². The highest BCUT2D eigenvalue weighted by molar-refractivity contribution is 5.80. The zero-order valence-electron chi connectivity index (χ0n) is 13.8. The second kappa shape index (κ2) is 6.23. The standard InChI is InChI=1S/C18H18N2O4/c1-19-17(21)14-6-4-5-7-15(14)18(22)20(19)11-12-8-9-13(23-2)10-16(12)24-3/h4-10H,11H2,1-3H3. The van der Waals surface area contributed by atoms with Crippen molar-refractivity contribution in [2.75, 3.05) is 14.2 Å². The number of fused-ring (bicyclic) bond motifs is 1. The fourth-order valence-corrected chi connectivity index (χ4v) is 2.74. The summed E-state index contributed by atoms with van der Waals surface area (Å²) in [6, 6.07) is 12.2. The van der Waals surface area contributed by atoms with Crippen molar-refractivity contribution in [3.8, 4) is 11.5 Å². The third kappa shape index (κ3) is 2.56. The van der Waals surface area contributed by atoms with Crippen molar-refractivity contribution in [1.29, 1.82) is 0 Å². The zero-order valence-corrected chi connectivity index (χ0v) is 13.8. The van der Waals surface area contributed by atoms with Crippen LogP contribution >= 0.6 is 0 Å². The van der Waals surface area contributed by atoms with Crippen molar-refractivity contribution in [2.45, 2.75) is 6.54 Å². The van der Waals surface area contributed by atoms with Gasteiger partial charge in [-0.25, -0.2) is 9.36 Å². The molecule has 6 nitrogen and oxygen atoms in total. The largest absolute Gasteiger partial charge is 0.497 e. The molecule has 0 aliphatic carbocycles. The normalized spacial score (nSPS) is 10.8. The van der Waals surface area contributed by atoms with E-state index in [0.717, 1.165) is 5.56 Å². The maximum absolute atomic E-state index is 12.8. The number of hydrogen-bond donors (Lipinski definition) is 0. The topological polar surface area (TPSA) is 62.5 Å². The molecule has 0 saturated carbocycles. The quantitative estimate of drug-likeness (QED) is 0.733.